The minimum atomic E-state index is -0.567. The first-order chi connectivity index (χ1) is 10.0. The van der Waals surface area contributed by atoms with Crippen LogP contribution in [0, 0.1) is 20.8 Å². The van der Waals surface area contributed by atoms with Crippen LogP contribution in [0.1, 0.15) is 30.2 Å². The van der Waals surface area contributed by atoms with Gasteiger partial charge in [0, 0.05) is 6.07 Å². The molecule has 0 fully saturated rings. The molecule has 0 saturated heterocycles. The van der Waals surface area contributed by atoms with Gasteiger partial charge in [-0.05, 0) is 44.4 Å². The summed E-state index contributed by atoms with van der Waals surface area (Å²) in [6.07, 6.45) is -0.00160. The molecule has 2 rings (SSSR count). The van der Waals surface area contributed by atoms with Crippen LogP contribution in [0.25, 0.3) is 0 Å². The molecule has 1 heterocycles. The van der Waals surface area contributed by atoms with Gasteiger partial charge in [-0.25, -0.2) is 0 Å². The third-order valence-corrected chi connectivity index (χ3v) is 3.37. The highest BCUT2D eigenvalue weighted by atomic mass is 16.5. The molecule has 0 unspecified atom stereocenters. The van der Waals surface area contributed by atoms with Gasteiger partial charge in [0.2, 0.25) is 0 Å². The third kappa shape index (κ3) is 3.62. The highest BCUT2D eigenvalue weighted by molar-refractivity contribution is 5.93. The van der Waals surface area contributed by atoms with Crippen LogP contribution in [0.4, 0.5) is 5.82 Å². The third-order valence-electron chi connectivity index (χ3n) is 3.37. The highest BCUT2D eigenvalue weighted by Crippen LogP contribution is 2.22. The fraction of sp³-hybridized carbons (Fsp3) is 0.375. The Morgan fingerprint density at radius 2 is 2.14 bits per heavy atom. The second-order valence-electron chi connectivity index (χ2n) is 5.02. The van der Waals surface area contributed by atoms with E-state index in [0.717, 1.165) is 16.9 Å². The predicted molar refractivity (Wildman–Crippen MR) is 80.5 cm³/mol. The zero-order valence-electron chi connectivity index (χ0n) is 12.8. The smallest absolute Gasteiger partial charge is 0.266 e. The van der Waals surface area contributed by atoms with Crippen molar-refractivity contribution in [1.82, 2.24) is 5.16 Å². The predicted octanol–water partition coefficient (Wildman–Crippen LogP) is 3.40. The summed E-state index contributed by atoms with van der Waals surface area (Å²) >= 11 is 0. The molecule has 0 bridgehead atoms. The van der Waals surface area contributed by atoms with Gasteiger partial charge in [-0.2, -0.15) is 0 Å². The lowest BCUT2D eigenvalue weighted by molar-refractivity contribution is -0.122. The number of aromatic nitrogens is 1. The monoisotopic (exact) mass is 288 g/mol. The van der Waals surface area contributed by atoms with Crippen molar-refractivity contribution in [2.45, 2.75) is 40.2 Å². The number of hydrogen-bond donors (Lipinski definition) is 1. The second kappa shape index (κ2) is 6.43. The first-order valence-corrected chi connectivity index (χ1v) is 6.98. The van der Waals surface area contributed by atoms with Crippen LogP contribution < -0.4 is 10.1 Å². The van der Waals surface area contributed by atoms with Crippen molar-refractivity contribution in [1.29, 1.82) is 0 Å². The summed E-state index contributed by atoms with van der Waals surface area (Å²) in [6.45, 7) is 7.67. The molecule has 5 nitrogen and oxygen atoms in total. The van der Waals surface area contributed by atoms with Crippen LogP contribution in [0.5, 0.6) is 5.75 Å². The molecule has 1 atom stereocenters. The maximum atomic E-state index is 12.2. The van der Waals surface area contributed by atoms with Gasteiger partial charge < -0.3 is 14.6 Å². The summed E-state index contributed by atoms with van der Waals surface area (Å²) in [4.78, 5) is 12.2. The summed E-state index contributed by atoms with van der Waals surface area (Å²) in [5.41, 5.74) is 2.18. The number of nitrogens with one attached hydrogen (secondary N) is 1. The van der Waals surface area contributed by atoms with Gasteiger partial charge in [0.1, 0.15) is 11.5 Å². The number of hydrogen-bond acceptors (Lipinski definition) is 4. The van der Waals surface area contributed by atoms with E-state index in [4.69, 9.17) is 9.26 Å². The van der Waals surface area contributed by atoms with Crippen molar-refractivity contribution in [2.75, 3.05) is 5.32 Å². The first kappa shape index (κ1) is 15.1. The van der Waals surface area contributed by atoms with E-state index in [1.54, 1.807) is 13.0 Å². The van der Waals surface area contributed by atoms with Gasteiger partial charge in [-0.3, -0.25) is 4.79 Å². The minimum Gasteiger partial charge on any atom is -0.480 e. The quantitative estimate of drug-likeness (QED) is 0.915. The molecule has 1 aromatic heterocycles. The Balaban J connectivity index is 2.08. The Labute approximate surface area is 124 Å². The maximum absolute atomic E-state index is 12.2. The number of rotatable bonds is 5. The SMILES string of the molecule is CC[C@@H](Oc1cccc(C)c1C)C(=O)Nc1cc(C)on1. The Kier molecular flexibility index (Phi) is 4.62. The van der Waals surface area contributed by atoms with E-state index in [-0.39, 0.29) is 5.91 Å². The number of anilines is 1. The summed E-state index contributed by atoms with van der Waals surface area (Å²) in [5, 5.41) is 6.45. The summed E-state index contributed by atoms with van der Waals surface area (Å²) in [6, 6.07) is 7.48. The van der Waals surface area contributed by atoms with E-state index in [0.29, 0.717) is 18.0 Å². The van der Waals surface area contributed by atoms with Crippen LogP contribution in [0.2, 0.25) is 0 Å². The fourth-order valence-electron chi connectivity index (χ4n) is 1.96. The zero-order chi connectivity index (χ0) is 15.4. The normalized spacial score (nSPS) is 12.0. The Morgan fingerprint density at radius 3 is 2.76 bits per heavy atom. The molecule has 5 heteroatoms. The molecule has 21 heavy (non-hydrogen) atoms. The number of benzene rings is 1. The van der Waals surface area contributed by atoms with Crippen LogP contribution >= 0.6 is 0 Å². The van der Waals surface area contributed by atoms with Crippen molar-refractivity contribution in [3.05, 3.63) is 41.2 Å². The summed E-state index contributed by atoms with van der Waals surface area (Å²) < 4.78 is 10.8. The van der Waals surface area contributed by atoms with Crippen LogP contribution in [-0.2, 0) is 4.79 Å². The Bertz CT molecular complexity index is 634. The van der Waals surface area contributed by atoms with Gasteiger partial charge in [0.15, 0.2) is 11.9 Å². The number of amides is 1. The summed E-state index contributed by atoms with van der Waals surface area (Å²) in [5.74, 6) is 1.55. The van der Waals surface area contributed by atoms with Crippen LogP contribution in [-0.4, -0.2) is 17.2 Å². The van der Waals surface area contributed by atoms with Crippen molar-refractivity contribution in [3.63, 3.8) is 0 Å². The topological polar surface area (TPSA) is 64.4 Å². The van der Waals surface area contributed by atoms with E-state index in [1.807, 2.05) is 39.0 Å². The molecule has 0 spiro atoms. The van der Waals surface area contributed by atoms with Crippen molar-refractivity contribution >= 4 is 11.7 Å². The van der Waals surface area contributed by atoms with Gasteiger partial charge in [0.05, 0.1) is 0 Å². The molecular formula is C16H20N2O3. The molecule has 112 valence electrons. The molecule has 0 aliphatic heterocycles. The Morgan fingerprint density at radius 1 is 1.38 bits per heavy atom. The zero-order valence-corrected chi connectivity index (χ0v) is 12.8. The van der Waals surface area contributed by atoms with E-state index >= 15 is 0 Å². The highest BCUT2D eigenvalue weighted by Gasteiger charge is 2.20. The molecule has 1 aromatic carbocycles. The van der Waals surface area contributed by atoms with Gasteiger partial charge in [0.25, 0.3) is 5.91 Å². The molecule has 2 aromatic rings. The first-order valence-electron chi connectivity index (χ1n) is 6.98. The second-order valence-corrected chi connectivity index (χ2v) is 5.02. The van der Waals surface area contributed by atoms with E-state index in [2.05, 4.69) is 10.5 Å². The van der Waals surface area contributed by atoms with Gasteiger partial charge in [-0.15, -0.1) is 0 Å². The van der Waals surface area contributed by atoms with E-state index < -0.39 is 6.10 Å². The number of ether oxygens (including phenoxy) is 1. The number of aryl methyl sites for hydroxylation is 2. The largest absolute Gasteiger partial charge is 0.480 e. The summed E-state index contributed by atoms with van der Waals surface area (Å²) in [7, 11) is 0. The van der Waals surface area contributed by atoms with E-state index in [1.165, 1.54) is 0 Å². The molecular weight excluding hydrogens is 268 g/mol. The van der Waals surface area contributed by atoms with Crippen molar-refractivity contribution in [2.24, 2.45) is 0 Å². The number of carbonyl (C=O) groups is 1. The number of carbonyl (C=O) groups excluding carboxylic acids is 1. The van der Waals surface area contributed by atoms with Crippen molar-refractivity contribution in [3.8, 4) is 5.75 Å². The molecule has 0 saturated carbocycles. The lowest BCUT2D eigenvalue weighted by Gasteiger charge is -2.18. The van der Waals surface area contributed by atoms with Crippen molar-refractivity contribution < 1.29 is 14.1 Å². The van der Waals surface area contributed by atoms with Crippen LogP contribution in [0.3, 0.4) is 0 Å². The molecule has 0 aliphatic carbocycles. The number of nitrogens with zero attached hydrogens (tertiary/aromatic N) is 1. The fourth-order valence-corrected chi connectivity index (χ4v) is 1.96. The lowest BCUT2D eigenvalue weighted by atomic mass is 10.1. The molecule has 0 aliphatic rings. The van der Waals surface area contributed by atoms with Crippen LogP contribution in [0.15, 0.2) is 28.8 Å². The Hall–Kier alpha value is -2.30. The molecule has 0 radical (unpaired) electrons. The maximum Gasteiger partial charge on any atom is 0.266 e. The minimum absolute atomic E-state index is 0.230. The lowest BCUT2D eigenvalue weighted by Crippen LogP contribution is -2.32. The standard InChI is InChI=1S/C16H20N2O3/c1-5-13(16(19)17-15-9-11(3)21-18-15)20-14-8-6-7-10(2)12(14)4/h6-9,13H,5H2,1-4H3,(H,17,18,19)/t13-/m1/s1. The average Bonchev–Trinajstić information content (AvgIpc) is 2.85. The van der Waals surface area contributed by atoms with E-state index in [9.17, 15) is 4.79 Å². The molecule has 1 N–H and O–H groups in total. The molecule has 1 amide bonds. The van der Waals surface area contributed by atoms with Gasteiger partial charge >= 0.3 is 0 Å². The average molecular weight is 288 g/mol. The van der Waals surface area contributed by atoms with Gasteiger partial charge in [-0.1, -0.05) is 24.2 Å².